The van der Waals surface area contributed by atoms with Gasteiger partial charge in [0.25, 0.3) is 0 Å². The molecule has 0 atom stereocenters. The number of rotatable bonds is 3. The van der Waals surface area contributed by atoms with E-state index in [1.54, 1.807) is 27.9 Å². The first-order valence-electron chi connectivity index (χ1n) is 8.10. The molecule has 0 heterocycles. The molecule has 0 N–H and O–H groups in total. The second-order valence-electron chi connectivity index (χ2n) is 5.49. The van der Waals surface area contributed by atoms with Gasteiger partial charge in [0.15, 0.2) is 11.6 Å². The van der Waals surface area contributed by atoms with Gasteiger partial charge >= 0.3 is 0 Å². The fraction of sp³-hybridized carbons (Fsp3) is 0.476. The molecule has 1 rings (SSSR count). The van der Waals surface area contributed by atoms with Gasteiger partial charge in [-0.15, -0.1) is 12.3 Å². The molecule has 0 bridgehead atoms. The van der Waals surface area contributed by atoms with E-state index in [1.165, 1.54) is 17.5 Å². The first-order valence-corrected chi connectivity index (χ1v) is 8.89. The molecule has 0 saturated heterocycles. The lowest BCUT2D eigenvalue weighted by Gasteiger charge is -2.06. The average molecular weight is 415 g/mol. The van der Waals surface area contributed by atoms with Crippen molar-refractivity contribution in [1.29, 1.82) is 0 Å². The van der Waals surface area contributed by atoms with Crippen molar-refractivity contribution in [3.63, 3.8) is 0 Å². The number of aryl methyl sites for hydroxylation is 2. The molecule has 0 amide bonds. The molecule has 0 spiro atoms. The van der Waals surface area contributed by atoms with E-state index in [0.29, 0.717) is 0 Å². The molecule has 0 unspecified atom stereocenters. The van der Waals surface area contributed by atoms with Crippen molar-refractivity contribution in [3.05, 3.63) is 40.1 Å². The van der Waals surface area contributed by atoms with Gasteiger partial charge in [0.1, 0.15) is 5.75 Å². The lowest BCUT2D eigenvalue weighted by Crippen LogP contribution is -2.05. The molecule has 0 radical (unpaired) electrons. The quantitative estimate of drug-likeness (QED) is 0.400. The van der Waals surface area contributed by atoms with Crippen LogP contribution in [0.1, 0.15) is 52.2 Å². The summed E-state index contributed by atoms with van der Waals surface area (Å²) in [4.78, 5) is 10.4. The largest absolute Gasteiger partial charge is 0.496 e. The zero-order valence-corrected chi connectivity index (χ0v) is 18.4. The Balaban J connectivity index is -0.000000303. The number of halogens is 2. The molecule has 0 saturated carbocycles. The van der Waals surface area contributed by atoms with Crippen molar-refractivity contribution in [2.75, 3.05) is 7.11 Å². The highest BCUT2D eigenvalue weighted by Gasteiger charge is 2.09. The van der Waals surface area contributed by atoms with Crippen LogP contribution in [0, 0.1) is 32.1 Å². The third-order valence-corrected chi connectivity index (χ3v) is 3.32. The highest BCUT2D eigenvalue weighted by Crippen LogP contribution is 2.25. The Labute approximate surface area is 162 Å². The third kappa shape index (κ3) is 15.7. The zero-order chi connectivity index (χ0) is 20.6. The number of ketones is 1. The highest BCUT2D eigenvalue weighted by atomic mass is 79.9. The van der Waals surface area contributed by atoms with Gasteiger partial charge in [-0.05, 0) is 38.0 Å². The van der Waals surface area contributed by atoms with Gasteiger partial charge in [-0.1, -0.05) is 62.7 Å². The third-order valence-electron chi connectivity index (χ3n) is 2.47. The molecule has 0 aromatic heterocycles. The minimum Gasteiger partial charge on any atom is -0.496 e. The van der Waals surface area contributed by atoms with E-state index in [9.17, 15) is 9.18 Å². The molecule has 25 heavy (non-hydrogen) atoms. The van der Waals surface area contributed by atoms with Gasteiger partial charge in [0.2, 0.25) is 0 Å². The molecule has 0 aliphatic rings. The van der Waals surface area contributed by atoms with E-state index in [0.717, 1.165) is 10.2 Å². The van der Waals surface area contributed by atoms with Crippen LogP contribution in [0.3, 0.4) is 0 Å². The summed E-state index contributed by atoms with van der Waals surface area (Å²) in [7, 11) is 1.68. The molecular weight excluding hydrogens is 383 g/mol. The Morgan fingerprint density at radius 1 is 1.32 bits per heavy atom. The predicted molar refractivity (Wildman–Crippen MR) is 111 cm³/mol. The van der Waals surface area contributed by atoms with Gasteiger partial charge in [0.05, 0.1) is 7.11 Å². The number of methoxy groups -OCH3 is 1. The van der Waals surface area contributed by atoms with Gasteiger partial charge in [-0.25, -0.2) is 4.39 Å². The Morgan fingerprint density at radius 2 is 1.72 bits per heavy atom. The van der Waals surface area contributed by atoms with Gasteiger partial charge in [-0.2, -0.15) is 0 Å². The summed E-state index contributed by atoms with van der Waals surface area (Å²) >= 11 is 3.44. The second kappa shape index (κ2) is 17.2. The van der Waals surface area contributed by atoms with Crippen LogP contribution in [0.4, 0.5) is 4.39 Å². The number of carbonyl (C=O) groups excluding carboxylic acids is 1. The van der Waals surface area contributed by atoms with Crippen LogP contribution in [-0.4, -0.2) is 12.9 Å². The van der Waals surface area contributed by atoms with Crippen molar-refractivity contribution in [2.45, 2.75) is 54.9 Å². The van der Waals surface area contributed by atoms with Crippen molar-refractivity contribution in [1.82, 2.24) is 0 Å². The van der Waals surface area contributed by atoms with Crippen LogP contribution < -0.4 is 4.74 Å². The van der Waals surface area contributed by atoms with E-state index < -0.39 is 11.6 Å². The van der Waals surface area contributed by atoms with E-state index in [4.69, 9.17) is 4.74 Å². The highest BCUT2D eigenvalue weighted by molar-refractivity contribution is 9.10. The number of terminal acetylenes is 1. The standard InChI is InChI=1S/C9H11BrO.C6H9FO.C3H8.C3H4/c1-6-4-7(2)9(11-3)5-8(6)10;1-4(2)6(8)5(3)7;2*1-3-2/h4-5H,1-3H3;4H,3H2,1-2H3;3H2,1-2H3;1H,2H3. The van der Waals surface area contributed by atoms with E-state index in [-0.39, 0.29) is 5.92 Å². The van der Waals surface area contributed by atoms with Crippen LogP contribution in [0.2, 0.25) is 0 Å². The van der Waals surface area contributed by atoms with Crippen molar-refractivity contribution in [3.8, 4) is 18.1 Å². The lowest BCUT2D eigenvalue weighted by molar-refractivity contribution is -0.119. The number of carbonyl (C=O) groups is 1. The molecule has 0 fully saturated rings. The second-order valence-corrected chi connectivity index (χ2v) is 6.34. The normalized spacial score (nSPS) is 8.40. The van der Waals surface area contributed by atoms with Crippen molar-refractivity contribution < 1.29 is 13.9 Å². The maximum atomic E-state index is 11.8. The predicted octanol–water partition coefficient (Wildman–Crippen LogP) is 6.83. The Hall–Kier alpha value is -1.60. The number of Topliss-reactive ketones (excluding diaryl/α,β-unsaturated/α-hetero) is 1. The van der Waals surface area contributed by atoms with Crippen molar-refractivity contribution >= 4 is 21.7 Å². The first kappa shape index (κ1) is 28.2. The van der Waals surface area contributed by atoms with E-state index >= 15 is 0 Å². The summed E-state index contributed by atoms with van der Waals surface area (Å²) in [5, 5.41) is 0. The minimum absolute atomic E-state index is 0.271. The Morgan fingerprint density at radius 3 is 1.96 bits per heavy atom. The van der Waals surface area contributed by atoms with E-state index in [2.05, 4.69) is 61.7 Å². The van der Waals surface area contributed by atoms with Crippen LogP contribution in [-0.2, 0) is 4.79 Å². The molecule has 1 aromatic carbocycles. The lowest BCUT2D eigenvalue weighted by atomic mass is 10.1. The summed E-state index contributed by atoms with van der Waals surface area (Å²) in [6.45, 7) is 16.1. The molecule has 4 heteroatoms. The molecule has 1 aromatic rings. The molecule has 142 valence electrons. The van der Waals surface area contributed by atoms with Gasteiger partial charge < -0.3 is 4.74 Å². The van der Waals surface area contributed by atoms with Crippen LogP contribution in [0.25, 0.3) is 0 Å². The summed E-state index contributed by atoms with van der Waals surface area (Å²) in [6.07, 6.45) is 5.85. The summed E-state index contributed by atoms with van der Waals surface area (Å²) < 4.78 is 18.0. The fourth-order valence-corrected chi connectivity index (χ4v) is 1.66. The van der Waals surface area contributed by atoms with Crippen LogP contribution >= 0.6 is 15.9 Å². The van der Waals surface area contributed by atoms with E-state index in [1.807, 2.05) is 13.0 Å². The molecule has 0 aliphatic carbocycles. The van der Waals surface area contributed by atoms with Gasteiger partial charge in [0, 0.05) is 10.4 Å². The Kier molecular flexibility index (Phi) is 19.4. The summed E-state index contributed by atoms with van der Waals surface area (Å²) in [5.74, 6) is 1.56. The SMILES string of the molecule is C#CC.C=C(F)C(=O)C(C)C.CCC.COc1cc(Br)c(C)cc1C. The molecule has 2 nitrogen and oxygen atoms in total. The van der Waals surface area contributed by atoms with Crippen molar-refractivity contribution in [2.24, 2.45) is 5.92 Å². The monoisotopic (exact) mass is 414 g/mol. The topological polar surface area (TPSA) is 26.3 Å². The minimum atomic E-state index is -0.847. The number of hydrogen-bond donors (Lipinski definition) is 0. The zero-order valence-electron chi connectivity index (χ0n) is 16.8. The average Bonchev–Trinajstić information content (AvgIpc) is 2.52. The maximum absolute atomic E-state index is 11.8. The van der Waals surface area contributed by atoms with Crippen LogP contribution in [0.5, 0.6) is 5.75 Å². The number of allylic oxidation sites excluding steroid dienone is 1. The molecular formula is C21H32BrFO2. The fourth-order valence-electron chi connectivity index (χ4n) is 1.34. The number of ether oxygens (including phenoxy) is 1. The van der Waals surface area contributed by atoms with Gasteiger partial charge in [-0.3, -0.25) is 4.79 Å². The number of benzene rings is 1. The number of hydrogen-bond acceptors (Lipinski definition) is 2. The first-order chi connectivity index (χ1) is 11.5. The summed E-state index contributed by atoms with van der Waals surface area (Å²) in [6, 6.07) is 4.09. The summed E-state index contributed by atoms with van der Waals surface area (Å²) in [5.41, 5.74) is 2.41. The van der Waals surface area contributed by atoms with Crippen LogP contribution in [0.15, 0.2) is 29.0 Å². The maximum Gasteiger partial charge on any atom is 0.193 e. The Bertz CT molecular complexity index is 558. The smallest absolute Gasteiger partial charge is 0.193 e. The molecule has 0 aliphatic heterocycles.